The van der Waals surface area contributed by atoms with Gasteiger partial charge in [0, 0.05) is 33.0 Å². The highest BCUT2D eigenvalue weighted by atomic mass is 16.5. The lowest BCUT2D eigenvalue weighted by molar-refractivity contribution is 0.0941. The number of pyridine rings is 1. The van der Waals surface area contributed by atoms with E-state index in [1.54, 1.807) is 25.4 Å². The zero-order valence-electron chi connectivity index (χ0n) is 11.0. The van der Waals surface area contributed by atoms with Gasteiger partial charge in [-0.25, -0.2) is 4.98 Å². The van der Waals surface area contributed by atoms with Crippen LogP contribution in [-0.2, 0) is 4.74 Å². The van der Waals surface area contributed by atoms with E-state index in [-0.39, 0.29) is 5.91 Å². The highest BCUT2D eigenvalue weighted by Crippen LogP contribution is 2.03. The summed E-state index contributed by atoms with van der Waals surface area (Å²) in [5, 5.41) is 5.74. The lowest BCUT2D eigenvalue weighted by atomic mass is 10.2. The second kappa shape index (κ2) is 8.47. The first-order valence-corrected chi connectivity index (χ1v) is 6.27. The molecule has 2 N–H and O–H groups in total. The van der Waals surface area contributed by atoms with E-state index < -0.39 is 0 Å². The molecule has 0 bridgehead atoms. The van der Waals surface area contributed by atoms with Crippen molar-refractivity contribution in [3.8, 4) is 0 Å². The van der Waals surface area contributed by atoms with E-state index in [0.29, 0.717) is 18.7 Å². The standard InChI is InChI=1S/C13H21N3O2/c1-3-8-18-9-4-7-15-13(17)11-5-6-12(14-2)16-10-11/h5-6,10H,3-4,7-9H2,1-2H3,(H,14,16)(H,15,17). The van der Waals surface area contributed by atoms with Crippen LogP contribution in [0.4, 0.5) is 5.82 Å². The van der Waals surface area contributed by atoms with Gasteiger partial charge in [-0.3, -0.25) is 4.79 Å². The van der Waals surface area contributed by atoms with Crippen LogP contribution in [-0.4, -0.2) is 37.7 Å². The Balaban J connectivity index is 2.23. The molecule has 100 valence electrons. The fourth-order valence-corrected chi connectivity index (χ4v) is 1.40. The Morgan fingerprint density at radius 2 is 2.22 bits per heavy atom. The summed E-state index contributed by atoms with van der Waals surface area (Å²) in [5.74, 6) is 0.653. The number of aromatic nitrogens is 1. The lowest BCUT2D eigenvalue weighted by Gasteiger charge is -2.06. The van der Waals surface area contributed by atoms with Gasteiger partial charge in [0.15, 0.2) is 0 Å². The van der Waals surface area contributed by atoms with Gasteiger partial charge in [0.1, 0.15) is 5.82 Å². The summed E-state index contributed by atoms with van der Waals surface area (Å²) in [6.07, 6.45) is 3.42. The van der Waals surface area contributed by atoms with Crippen molar-refractivity contribution in [3.05, 3.63) is 23.9 Å². The van der Waals surface area contributed by atoms with Gasteiger partial charge in [-0.2, -0.15) is 0 Å². The first kappa shape index (κ1) is 14.4. The maximum Gasteiger partial charge on any atom is 0.252 e. The van der Waals surface area contributed by atoms with Crippen LogP contribution >= 0.6 is 0 Å². The van der Waals surface area contributed by atoms with E-state index in [1.165, 1.54) is 0 Å². The molecule has 1 aromatic heterocycles. The van der Waals surface area contributed by atoms with Crippen LogP contribution < -0.4 is 10.6 Å². The normalized spacial score (nSPS) is 10.1. The monoisotopic (exact) mass is 251 g/mol. The summed E-state index contributed by atoms with van der Waals surface area (Å²) in [6, 6.07) is 3.53. The van der Waals surface area contributed by atoms with Crippen LogP contribution in [0, 0.1) is 0 Å². The average Bonchev–Trinajstić information content (AvgIpc) is 2.42. The first-order valence-electron chi connectivity index (χ1n) is 6.27. The van der Waals surface area contributed by atoms with Crippen molar-refractivity contribution in [1.29, 1.82) is 0 Å². The molecular weight excluding hydrogens is 230 g/mol. The number of amides is 1. The van der Waals surface area contributed by atoms with Crippen molar-refractivity contribution in [2.24, 2.45) is 0 Å². The molecule has 0 aliphatic carbocycles. The first-order chi connectivity index (χ1) is 8.77. The van der Waals surface area contributed by atoms with E-state index >= 15 is 0 Å². The third-order valence-corrected chi connectivity index (χ3v) is 2.38. The van der Waals surface area contributed by atoms with Gasteiger partial charge < -0.3 is 15.4 Å². The fourth-order valence-electron chi connectivity index (χ4n) is 1.40. The number of nitrogens with one attached hydrogen (secondary N) is 2. The van der Waals surface area contributed by atoms with Gasteiger partial charge in [-0.05, 0) is 25.0 Å². The lowest BCUT2D eigenvalue weighted by Crippen LogP contribution is -2.25. The van der Waals surface area contributed by atoms with E-state index in [0.717, 1.165) is 25.3 Å². The molecule has 1 heterocycles. The molecule has 0 spiro atoms. The van der Waals surface area contributed by atoms with Crippen molar-refractivity contribution < 1.29 is 9.53 Å². The predicted molar refractivity (Wildman–Crippen MR) is 71.8 cm³/mol. The molecule has 0 saturated carbocycles. The van der Waals surface area contributed by atoms with Crippen molar-refractivity contribution in [2.45, 2.75) is 19.8 Å². The maximum atomic E-state index is 11.7. The summed E-state index contributed by atoms with van der Waals surface area (Å²) in [7, 11) is 1.79. The Bertz CT molecular complexity index is 352. The fraction of sp³-hybridized carbons (Fsp3) is 0.538. The van der Waals surface area contributed by atoms with E-state index in [1.807, 2.05) is 0 Å². The minimum absolute atomic E-state index is 0.0966. The summed E-state index contributed by atoms with van der Waals surface area (Å²) in [5.41, 5.74) is 0.573. The minimum Gasteiger partial charge on any atom is -0.381 e. The van der Waals surface area contributed by atoms with Crippen LogP contribution in [0.3, 0.4) is 0 Å². The Kier molecular flexibility index (Phi) is 6.79. The highest BCUT2D eigenvalue weighted by molar-refractivity contribution is 5.93. The molecule has 0 fully saturated rings. The molecule has 0 unspecified atom stereocenters. The van der Waals surface area contributed by atoms with Gasteiger partial charge in [-0.1, -0.05) is 6.92 Å². The molecule has 5 nitrogen and oxygen atoms in total. The molecular formula is C13H21N3O2. The zero-order valence-corrected chi connectivity index (χ0v) is 11.0. The summed E-state index contributed by atoms with van der Waals surface area (Å²) in [6.45, 7) is 4.16. The van der Waals surface area contributed by atoms with Gasteiger partial charge in [-0.15, -0.1) is 0 Å². The van der Waals surface area contributed by atoms with E-state index in [4.69, 9.17) is 4.74 Å². The Labute approximate surface area is 108 Å². The van der Waals surface area contributed by atoms with E-state index in [2.05, 4.69) is 22.5 Å². The summed E-state index contributed by atoms with van der Waals surface area (Å²) in [4.78, 5) is 15.8. The van der Waals surface area contributed by atoms with Crippen LogP contribution in [0.25, 0.3) is 0 Å². The predicted octanol–water partition coefficient (Wildman–Crippen LogP) is 1.67. The zero-order chi connectivity index (χ0) is 13.2. The third kappa shape index (κ3) is 5.14. The maximum absolute atomic E-state index is 11.7. The molecule has 0 radical (unpaired) electrons. The number of hydrogen-bond acceptors (Lipinski definition) is 4. The second-order valence-electron chi connectivity index (χ2n) is 3.90. The van der Waals surface area contributed by atoms with Crippen molar-refractivity contribution in [1.82, 2.24) is 10.3 Å². The number of carbonyl (C=O) groups excluding carboxylic acids is 1. The van der Waals surface area contributed by atoms with Gasteiger partial charge in [0.25, 0.3) is 5.91 Å². The molecule has 0 atom stereocenters. The van der Waals surface area contributed by atoms with Crippen LogP contribution in [0.15, 0.2) is 18.3 Å². The Hall–Kier alpha value is -1.62. The van der Waals surface area contributed by atoms with Crippen LogP contribution in [0.1, 0.15) is 30.1 Å². The van der Waals surface area contributed by atoms with Crippen molar-refractivity contribution in [3.63, 3.8) is 0 Å². The van der Waals surface area contributed by atoms with E-state index in [9.17, 15) is 4.79 Å². The quantitative estimate of drug-likeness (QED) is 0.690. The van der Waals surface area contributed by atoms with Crippen molar-refractivity contribution in [2.75, 3.05) is 32.1 Å². The topological polar surface area (TPSA) is 63.2 Å². The molecule has 0 aliphatic heterocycles. The molecule has 0 aromatic carbocycles. The number of nitrogens with zero attached hydrogens (tertiary/aromatic N) is 1. The highest BCUT2D eigenvalue weighted by Gasteiger charge is 2.04. The summed E-state index contributed by atoms with van der Waals surface area (Å²) < 4.78 is 5.33. The van der Waals surface area contributed by atoms with Gasteiger partial charge in [0.05, 0.1) is 5.56 Å². The molecule has 0 saturated heterocycles. The minimum atomic E-state index is -0.0966. The number of rotatable bonds is 8. The largest absolute Gasteiger partial charge is 0.381 e. The second-order valence-corrected chi connectivity index (χ2v) is 3.90. The molecule has 0 aliphatic rings. The number of anilines is 1. The summed E-state index contributed by atoms with van der Waals surface area (Å²) >= 11 is 0. The molecule has 1 aromatic rings. The Morgan fingerprint density at radius 1 is 1.39 bits per heavy atom. The smallest absolute Gasteiger partial charge is 0.252 e. The molecule has 18 heavy (non-hydrogen) atoms. The number of carbonyl (C=O) groups is 1. The van der Waals surface area contributed by atoms with Crippen molar-refractivity contribution >= 4 is 11.7 Å². The van der Waals surface area contributed by atoms with Crippen LogP contribution in [0.5, 0.6) is 0 Å². The Morgan fingerprint density at radius 3 is 2.83 bits per heavy atom. The third-order valence-electron chi connectivity index (χ3n) is 2.38. The molecule has 1 rings (SSSR count). The number of hydrogen-bond donors (Lipinski definition) is 2. The average molecular weight is 251 g/mol. The SMILES string of the molecule is CCCOCCCNC(=O)c1ccc(NC)nc1. The number of ether oxygens (including phenoxy) is 1. The molecule has 1 amide bonds. The van der Waals surface area contributed by atoms with Gasteiger partial charge in [0.2, 0.25) is 0 Å². The van der Waals surface area contributed by atoms with Crippen LogP contribution in [0.2, 0.25) is 0 Å². The van der Waals surface area contributed by atoms with Gasteiger partial charge >= 0.3 is 0 Å². The molecule has 5 heteroatoms.